The molecule has 1 heterocycles. The smallest absolute Gasteiger partial charge is 0.342 e. The minimum absolute atomic E-state index is 0.0247. The number of benzene rings is 1. The molecule has 198 valence electrons. The lowest BCUT2D eigenvalue weighted by atomic mass is 9.98. The Hall–Kier alpha value is -1.65. The van der Waals surface area contributed by atoms with Gasteiger partial charge in [0.25, 0.3) is 0 Å². The van der Waals surface area contributed by atoms with Crippen LogP contribution in [0.15, 0.2) is 12.1 Å². The summed E-state index contributed by atoms with van der Waals surface area (Å²) in [5.74, 6) is 0.563. The highest BCUT2D eigenvalue weighted by atomic mass is 28.3. The average Bonchev–Trinajstić information content (AvgIpc) is 3.47. The Morgan fingerprint density at radius 2 is 1.80 bits per heavy atom. The molecule has 2 fully saturated rings. The van der Waals surface area contributed by atoms with E-state index in [2.05, 4.69) is 19.6 Å². The van der Waals surface area contributed by atoms with Gasteiger partial charge in [-0.2, -0.15) is 0 Å². The van der Waals surface area contributed by atoms with Crippen molar-refractivity contribution in [3.63, 3.8) is 0 Å². The molecule has 2 unspecified atom stereocenters. The Kier molecular flexibility index (Phi) is 9.26. The first-order valence-electron chi connectivity index (χ1n) is 12.3. The Labute approximate surface area is 210 Å². The predicted molar refractivity (Wildman–Crippen MR) is 135 cm³/mol. The zero-order valence-corrected chi connectivity index (χ0v) is 23.5. The summed E-state index contributed by atoms with van der Waals surface area (Å²) in [4.78, 5) is 13.3. The number of rotatable bonds is 13. The number of hydrogen-bond donors (Lipinski definition) is 0. The summed E-state index contributed by atoms with van der Waals surface area (Å²) in [6, 6.07) is 4.56. The summed E-state index contributed by atoms with van der Waals surface area (Å²) >= 11 is 0. The molecule has 1 aliphatic carbocycles. The van der Waals surface area contributed by atoms with Crippen LogP contribution in [0.2, 0.25) is 25.7 Å². The summed E-state index contributed by atoms with van der Waals surface area (Å²) in [6.07, 6.45) is 1.57. The van der Waals surface area contributed by atoms with E-state index in [0.717, 1.165) is 24.4 Å². The molecule has 1 aromatic carbocycles. The molecule has 9 heteroatoms. The second-order valence-electron chi connectivity index (χ2n) is 11.1. The summed E-state index contributed by atoms with van der Waals surface area (Å²) in [5, 5.41) is 0. The highest BCUT2D eigenvalue weighted by Gasteiger charge is 2.48. The lowest BCUT2D eigenvalue weighted by Crippen LogP contribution is -2.27. The first-order valence-corrected chi connectivity index (χ1v) is 16.0. The van der Waals surface area contributed by atoms with Crippen molar-refractivity contribution in [2.75, 3.05) is 41.3 Å². The van der Waals surface area contributed by atoms with E-state index in [4.69, 9.17) is 33.2 Å². The molecule has 1 saturated heterocycles. The average molecular weight is 511 g/mol. The van der Waals surface area contributed by atoms with Gasteiger partial charge in [0.15, 0.2) is 12.6 Å². The number of ether oxygens (including phenoxy) is 7. The zero-order valence-electron chi connectivity index (χ0n) is 22.5. The van der Waals surface area contributed by atoms with Gasteiger partial charge in [0.1, 0.15) is 23.2 Å². The topological polar surface area (TPSA) is 81.7 Å². The van der Waals surface area contributed by atoms with Crippen LogP contribution in [-0.2, 0) is 23.7 Å². The van der Waals surface area contributed by atoms with Crippen molar-refractivity contribution in [1.29, 1.82) is 0 Å². The normalized spacial score (nSPS) is 25.4. The minimum Gasteiger partial charge on any atom is -0.497 e. The van der Waals surface area contributed by atoms with E-state index in [1.165, 1.54) is 0 Å². The van der Waals surface area contributed by atoms with Gasteiger partial charge >= 0.3 is 5.97 Å². The van der Waals surface area contributed by atoms with E-state index in [-0.39, 0.29) is 30.9 Å². The Morgan fingerprint density at radius 1 is 1.09 bits per heavy atom. The Bertz CT molecular complexity index is 866. The van der Waals surface area contributed by atoms with E-state index in [9.17, 15) is 4.79 Å². The molecule has 0 amide bonds. The van der Waals surface area contributed by atoms with Crippen LogP contribution in [0.25, 0.3) is 0 Å². The summed E-state index contributed by atoms with van der Waals surface area (Å²) in [5.41, 5.74) is 1.35. The largest absolute Gasteiger partial charge is 0.497 e. The molecule has 0 N–H and O–H groups in total. The van der Waals surface area contributed by atoms with Crippen molar-refractivity contribution in [2.45, 2.75) is 76.3 Å². The fourth-order valence-electron chi connectivity index (χ4n) is 4.60. The van der Waals surface area contributed by atoms with Gasteiger partial charge < -0.3 is 33.2 Å². The quantitative estimate of drug-likeness (QED) is 0.212. The molecule has 3 rings (SSSR count). The third-order valence-corrected chi connectivity index (χ3v) is 8.14. The van der Waals surface area contributed by atoms with Crippen molar-refractivity contribution in [2.24, 2.45) is 5.92 Å². The molecule has 2 aliphatic rings. The molecule has 0 aromatic heterocycles. The highest BCUT2D eigenvalue weighted by Crippen LogP contribution is 2.54. The van der Waals surface area contributed by atoms with Crippen LogP contribution < -0.4 is 9.47 Å². The van der Waals surface area contributed by atoms with Gasteiger partial charge in [0.2, 0.25) is 0 Å². The fourth-order valence-corrected chi connectivity index (χ4v) is 5.31. The maximum Gasteiger partial charge on any atom is 0.342 e. The molecule has 1 saturated carbocycles. The van der Waals surface area contributed by atoms with Crippen molar-refractivity contribution in [1.82, 2.24) is 0 Å². The molecule has 1 aromatic rings. The SMILES string of the molecule is COCOc1cc(OC)cc(C2CC2C[C@@H]2OC(C)(C)O[C@@H]2COC)c1C(=O)OCC[Si](C)(C)C. The Balaban J connectivity index is 1.83. The van der Waals surface area contributed by atoms with E-state index in [0.29, 0.717) is 36.2 Å². The second kappa shape index (κ2) is 11.6. The van der Waals surface area contributed by atoms with E-state index in [1.807, 2.05) is 19.9 Å². The maximum absolute atomic E-state index is 13.3. The number of carbonyl (C=O) groups is 1. The van der Waals surface area contributed by atoms with Gasteiger partial charge in [-0.05, 0) is 56.2 Å². The van der Waals surface area contributed by atoms with E-state index in [1.54, 1.807) is 27.4 Å². The van der Waals surface area contributed by atoms with Crippen molar-refractivity contribution >= 4 is 14.0 Å². The van der Waals surface area contributed by atoms with Gasteiger partial charge in [-0.15, -0.1) is 0 Å². The fraction of sp³-hybridized carbons (Fsp3) is 0.731. The van der Waals surface area contributed by atoms with E-state index < -0.39 is 13.9 Å². The third-order valence-electron chi connectivity index (χ3n) is 6.44. The predicted octanol–water partition coefficient (Wildman–Crippen LogP) is 4.83. The maximum atomic E-state index is 13.3. The highest BCUT2D eigenvalue weighted by molar-refractivity contribution is 6.76. The molecule has 0 radical (unpaired) electrons. The summed E-state index contributed by atoms with van der Waals surface area (Å²) in [6.45, 7) is 11.5. The Morgan fingerprint density at radius 3 is 2.43 bits per heavy atom. The molecule has 35 heavy (non-hydrogen) atoms. The van der Waals surface area contributed by atoms with Crippen LogP contribution in [-0.4, -0.2) is 73.4 Å². The van der Waals surface area contributed by atoms with Crippen LogP contribution in [0.3, 0.4) is 0 Å². The summed E-state index contributed by atoms with van der Waals surface area (Å²) < 4.78 is 39.7. The summed E-state index contributed by atoms with van der Waals surface area (Å²) in [7, 11) is 3.49. The molecule has 0 bridgehead atoms. The molecule has 0 spiro atoms. The molecular formula is C26H42O8Si. The standard InChI is InChI=1S/C26H42O8Si/c1-26(2)33-21(23(34-26)15-28-3)12-17-11-19(17)20-13-18(30-5)14-22(32-16-29-4)24(20)25(27)31-9-10-35(6,7)8/h13-14,17,19,21,23H,9-12,15-16H2,1-8H3/t17?,19?,21-,23+/m0/s1. The van der Waals surface area contributed by atoms with Crippen LogP contribution in [0.1, 0.15) is 48.5 Å². The third kappa shape index (κ3) is 7.66. The lowest BCUT2D eigenvalue weighted by Gasteiger charge is -2.19. The van der Waals surface area contributed by atoms with Crippen LogP contribution in [0, 0.1) is 5.92 Å². The number of hydrogen-bond acceptors (Lipinski definition) is 8. The van der Waals surface area contributed by atoms with Gasteiger partial charge in [0.05, 0.1) is 26.4 Å². The van der Waals surface area contributed by atoms with E-state index >= 15 is 0 Å². The number of esters is 1. The second-order valence-corrected chi connectivity index (χ2v) is 16.7. The zero-order chi connectivity index (χ0) is 25.8. The molecule has 1 aliphatic heterocycles. The van der Waals surface area contributed by atoms with Crippen LogP contribution in [0.4, 0.5) is 0 Å². The van der Waals surface area contributed by atoms with Crippen molar-refractivity contribution < 1.29 is 38.0 Å². The monoisotopic (exact) mass is 510 g/mol. The minimum atomic E-state index is -1.34. The number of carbonyl (C=O) groups excluding carboxylic acids is 1. The molecule has 4 atom stereocenters. The van der Waals surface area contributed by atoms with Gasteiger partial charge in [-0.1, -0.05) is 19.6 Å². The van der Waals surface area contributed by atoms with Gasteiger partial charge in [-0.25, -0.2) is 4.79 Å². The van der Waals surface area contributed by atoms with Crippen LogP contribution in [0.5, 0.6) is 11.5 Å². The molecule has 8 nitrogen and oxygen atoms in total. The van der Waals surface area contributed by atoms with Crippen molar-refractivity contribution in [3.8, 4) is 11.5 Å². The molecular weight excluding hydrogens is 468 g/mol. The van der Waals surface area contributed by atoms with Gasteiger partial charge in [-0.3, -0.25) is 0 Å². The van der Waals surface area contributed by atoms with Crippen molar-refractivity contribution in [3.05, 3.63) is 23.3 Å². The first-order chi connectivity index (χ1) is 16.5. The lowest BCUT2D eigenvalue weighted by molar-refractivity contribution is -0.150. The van der Waals surface area contributed by atoms with Crippen LogP contribution >= 0.6 is 0 Å². The number of methoxy groups -OCH3 is 3. The first kappa shape index (κ1) is 27.9. The van der Waals surface area contributed by atoms with Gasteiger partial charge in [0, 0.05) is 28.4 Å².